The lowest BCUT2D eigenvalue weighted by Gasteiger charge is -2.01. The summed E-state index contributed by atoms with van der Waals surface area (Å²) in [5, 5.41) is 13.8. The topological polar surface area (TPSA) is 72.2 Å². The second-order valence-electron chi connectivity index (χ2n) is 4.79. The first kappa shape index (κ1) is 13.8. The van der Waals surface area contributed by atoms with Crippen LogP contribution in [0.25, 0.3) is 11.8 Å². The van der Waals surface area contributed by atoms with Gasteiger partial charge in [0, 0.05) is 17.3 Å². The SMILES string of the molecule is O=C1NC(c2ccccc2)=CC1=Cc1ccccc1[N+](=O)[O-]. The first-order chi connectivity index (χ1) is 10.6. The number of carbonyl (C=O) groups excluding carboxylic acids is 1. The second-order valence-corrected chi connectivity index (χ2v) is 4.79. The second kappa shape index (κ2) is 5.65. The Bertz CT molecular complexity index is 808. The van der Waals surface area contributed by atoms with E-state index in [0.29, 0.717) is 16.8 Å². The molecule has 5 heteroatoms. The predicted molar refractivity (Wildman–Crippen MR) is 83.6 cm³/mol. The number of rotatable bonds is 3. The molecule has 1 N–H and O–H groups in total. The summed E-state index contributed by atoms with van der Waals surface area (Å²) in [5.41, 5.74) is 2.36. The van der Waals surface area contributed by atoms with Crippen molar-refractivity contribution in [3.63, 3.8) is 0 Å². The molecule has 0 unspecified atom stereocenters. The summed E-state index contributed by atoms with van der Waals surface area (Å²) >= 11 is 0. The normalized spacial score (nSPS) is 15.5. The van der Waals surface area contributed by atoms with Gasteiger partial charge in [0.1, 0.15) is 0 Å². The standard InChI is InChI=1S/C17H12N2O3/c20-17-14(10-13-8-4-5-9-16(13)19(21)22)11-15(18-17)12-6-2-1-3-7-12/h1-11H,(H,18,20). The highest BCUT2D eigenvalue weighted by Gasteiger charge is 2.20. The molecular weight excluding hydrogens is 280 g/mol. The number of para-hydroxylation sites is 1. The van der Waals surface area contributed by atoms with Crippen LogP contribution in [0.4, 0.5) is 5.69 Å². The van der Waals surface area contributed by atoms with Crippen LogP contribution in [0.1, 0.15) is 11.1 Å². The van der Waals surface area contributed by atoms with Crippen LogP contribution < -0.4 is 5.32 Å². The fourth-order valence-corrected chi connectivity index (χ4v) is 2.28. The Kier molecular flexibility index (Phi) is 3.53. The minimum absolute atomic E-state index is 0.0237. The molecule has 5 nitrogen and oxygen atoms in total. The lowest BCUT2D eigenvalue weighted by Crippen LogP contribution is -2.15. The van der Waals surface area contributed by atoms with Crippen molar-refractivity contribution < 1.29 is 9.72 Å². The van der Waals surface area contributed by atoms with Crippen LogP contribution in [0.5, 0.6) is 0 Å². The third-order valence-corrected chi connectivity index (χ3v) is 3.34. The number of benzene rings is 2. The van der Waals surface area contributed by atoms with Crippen molar-refractivity contribution in [2.75, 3.05) is 0 Å². The largest absolute Gasteiger partial charge is 0.321 e. The number of carbonyl (C=O) groups is 1. The van der Waals surface area contributed by atoms with Gasteiger partial charge in [-0.25, -0.2) is 0 Å². The van der Waals surface area contributed by atoms with Crippen molar-refractivity contribution in [1.29, 1.82) is 0 Å². The molecule has 3 rings (SSSR count). The number of nitro groups is 1. The van der Waals surface area contributed by atoms with Gasteiger partial charge in [0.2, 0.25) is 0 Å². The van der Waals surface area contributed by atoms with Gasteiger partial charge in [0.25, 0.3) is 11.6 Å². The van der Waals surface area contributed by atoms with Crippen LogP contribution in [0.3, 0.4) is 0 Å². The summed E-state index contributed by atoms with van der Waals surface area (Å²) in [7, 11) is 0. The van der Waals surface area contributed by atoms with Gasteiger partial charge in [-0.15, -0.1) is 0 Å². The lowest BCUT2D eigenvalue weighted by molar-refractivity contribution is -0.385. The maximum atomic E-state index is 12.0. The first-order valence-electron chi connectivity index (χ1n) is 6.69. The van der Waals surface area contributed by atoms with Crippen LogP contribution in [0, 0.1) is 10.1 Å². The van der Waals surface area contributed by atoms with Gasteiger partial charge in [-0.2, -0.15) is 0 Å². The van der Waals surface area contributed by atoms with Crippen LogP contribution >= 0.6 is 0 Å². The van der Waals surface area contributed by atoms with E-state index in [4.69, 9.17) is 0 Å². The van der Waals surface area contributed by atoms with Gasteiger partial charge < -0.3 is 5.32 Å². The summed E-state index contributed by atoms with van der Waals surface area (Å²) < 4.78 is 0. The number of amides is 1. The average molecular weight is 292 g/mol. The molecule has 0 saturated carbocycles. The Labute approximate surface area is 126 Å². The van der Waals surface area contributed by atoms with Crippen LogP contribution in [0.2, 0.25) is 0 Å². The van der Waals surface area contributed by atoms with E-state index < -0.39 is 4.92 Å². The fraction of sp³-hybridized carbons (Fsp3) is 0. The van der Waals surface area contributed by atoms with Gasteiger partial charge in [0.15, 0.2) is 0 Å². The fourth-order valence-electron chi connectivity index (χ4n) is 2.28. The van der Waals surface area contributed by atoms with E-state index in [2.05, 4.69) is 5.32 Å². The van der Waals surface area contributed by atoms with E-state index in [9.17, 15) is 14.9 Å². The molecule has 0 spiro atoms. The molecular formula is C17H12N2O3. The highest BCUT2D eigenvalue weighted by Crippen LogP contribution is 2.25. The van der Waals surface area contributed by atoms with E-state index in [1.807, 2.05) is 30.3 Å². The molecule has 0 aliphatic carbocycles. The molecule has 2 aromatic carbocycles. The Morgan fingerprint density at radius 2 is 1.68 bits per heavy atom. The van der Waals surface area contributed by atoms with E-state index in [1.165, 1.54) is 12.1 Å². The molecule has 22 heavy (non-hydrogen) atoms. The van der Waals surface area contributed by atoms with Crippen molar-refractivity contribution in [2.24, 2.45) is 0 Å². The molecule has 0 fully saturated rings. The van der Waals surface area contributed by atoms with Gasteiger partial charge in [-0.3, -0.25) is 14.9 Å². The van der Waals surface area contributed by atoms with Crippen LogP contribution in [-0.2, 0) is 4.79 Å². The maximum Gasteiger partial charge on any atom is 0.276 e. The van der Waals surface area contributed by atoms with E-state index in [-0.39, 0.29) is 11.6 Å². The zero-order valence-corrected chi connectivity index (χ0v) is 11.5. The van der Waals surface area contributed by atoms with E-state index >= 15 is 0 Å². The first-order valence-corrected chi connectivity index (χ1v) is 6.69. The Morgan fingerprint density at radius 1 is 1.00 bits per heavy atom. The lowest BCUT2D eigenvalue weighted by atomic mass is 10.1. The zero-order valence-electron chi connectivity index (χ0n) is 11.5. The monoisotopic (exact) mass is 292 g/mol. The molecule has 0 aromatic heterocycles. The van der Waals surface area contributed by atoms with E-state index in [0.717, 1.165) is 5.56 Å². The summed E-state index contributed by atoms with van der Waals surface area (Å²) in [6, 6.07) is 15.8. The number of nitrogens with zero attached hydrogens (tertiary/aromatic N) is 1. The molecule has 1 amide bonds. The number of nitro benzene ring substituents is 1. The van der Waals surface area contributed by atoms with E-state index in [1.54, 1.807) is 24.3 Å². The van der Waals surface area contributed by atoms with Gasteiger partial charge in [-0.1, -0.05) is 42.5 Å². The minimum atomic E-state index is -0.457. The van der Waals surface area contributed by atoms with Crippen molar-refractivity contribution in [3.8, 4) is 0 Å². The average Bonchev–Trinajstić information content (AvgIpc) is 2.90. The Balaban J connectivity index is 2.00. The molecule has 108 valence electrons. The number of nitrogens with one attached hydrogen (secondary N) is 1. The molecule has 0 bridgehead atoms. The summed E-state index contributed by atoms with van der Waals surface area (Å²) in [6.45, 7) is 0. The van der Waals surface area contributed by atoms with Crippen LogP contribution in [0.15, 0.2) is 66.2 Å². The summed E-state index contributed by atoms with van der Waals surface area (Å²) in [5.74, 6) is -0.267. The molecule has 1 heterocycles. The molecule has 1 aliphatic heterocycles. The van der Waals surface area contributed by atoms with Crippen molar-refractivity contribution >= 4 is 23.4 Å². The minimum Gasteiger partial charge on any atom is -0.321 e. The number of hydrogen-bond donors (Lipinski definition) is 1. The predicted octanol–water partition coefficient (Wildman–Crippen LogP) is 3.15. The molecule has 0 radical (unpaired) electrons. The van der Waals surface area contributed by atoms with Crippen molar-refractivity contribution in [3.05, 3.63) is 87.5 Å². The van der Waals surface area contributed by atoms with Crippen molar-refractivity contribution in [1.82, 2.24) is 5.32 Å². The number of hydrogen-bond acceptors (Lipinski definition) is 3. The highest BCUT2D eigenvalue weighted by molar-refractivity contribution is 6.11. The summed E-state index contributed by atoms with van der Waals surface area (Å²) in [4.78, 5) is 22.6. The highest BCUT2D eigenvalue weighted by atomic mass is 16.6. The smallest absolute Gasteiger partial charge is 0.276 e. The Morgan fingerprint density at radius 3 is 2.41 bits per heavy atom. The third kappa shape index (κ3) is 2.64. The molecule has 0 atom stereocenters. The maximum absolute atomic E-state index is 12.0. The molecule has 1 aliphatic rings. The molecule has 0 saturated heterocycles. The van der Waals surface area contributed by atoms with Crippen LogP contribution in [-0.4, -0.2) is 10.8 Å². The zero-order chi connectivity index (χ0) is 15.5. The van der Waals surface area contributed by atoms with Gasteiger partial charge >= 0.3 is 0 Å². The quantitative estimate of drug-likeness (QED) is 0.536. The van der Waals surface area contributed by atoms with Crippen molar-refractivity contribution in [2.45, 2.75) is 0 Å². The van der Waals surface area contributed by atoms with Gasteiger partial charge in [0.05, 0.1) is 10.5 Å². The summed E-state index contributed by atoms with van der Waals surface area (Å²) in [6.07, 6.45) is 3.23. The Hall–Kier alpha value is -3.21. The molecule has 2 aromatic rings. The van der Waals surface area contributed by atoms with Gasteiger partial charge in [-0.05, 0) is 23.8 Å². The third-order valence-electron chi connectivity index (χ3n) is 3.34.